The number of rotatable bonds is 5. The molecule has 1 fully saturated rings. The molecule has 4 heteroatoms. The van der Waals surface area contributed by atoms with Crippen molar-refractivity contribution < 1.29 is 31.3 Å². The molecule has 0 aliphatic heterocycles. The molecule has 22 heavy (non-hydrogen) atoms. The molecule has 0 heterocycles. The van der Waals surface area contributed by atoms with Gasteiger partial charge in [0, 0.05) is 5.92 Å². The summed E-state index contributed by atoms with van der Waals surface area (Å²) in [5.41, 5.74) is 0.306. The molecule has 0 bridgehead atoms. The first-order chi connectivity index (χ1) is 9.91. The average molecular weight is 372 g/mol. The Kier molecular flexibility index (Phi) is 6.90. The van der Waals surface area contributed by atoms with Gasteiger partial charge in [-0.05, 0) is 37.5 Å². The molecule has 3 nitrogen and oxygen atoms in total. The monoisotopic (exact) mass is 371 g/mol. The first-order valence-corrected chi connectivity index (χ1v) is 8.10. The summed E-state index contributed by atoms with van der Waals surface area (Å²) in [5, 5.41) is 11.4. The van der Waals surface area contributed by atoms with Crippen molar-refractivity contribution in [2.75, 3.05) is 34.3 Å². The second-order valence-corrected chi connectivity index (χ2v) is 7.03. The van der Waals surface area contributed by atoms with E-state index in [4.69, 9.17) is 4.74 Å². The van der Waals surface area contributed by atoms with Gasteiger partial charge >= 0.3 is 0 Å². The average Bonchev–Trinajstić information content (AvgIpc) is 2.49. The van der Waals surface area contributed by atoms with Gasteiger partial charge in [0.1, 0.15) is 5.75 Å². The number of methoxy groups -OCH3 is 1. The maximum atomic E-state index is 11.4. The Bertz CT molecular complexity index is 478. The normalized spacial score (nSPS) is 25.4. The van der Waals surface area contributed by atoms with Crippen molar-refractivity contribution in [3.05, 3.63) is 29.8 Å². The van der Waals surface area contributed by atoms with Gasteiger partial charge in [-0.1, -0.05) is 25.0 Å². The van der Waals surface area contributed by atoms with Crippen LogP contribution in [0.1, 0.15) is 38.2 Å². The molecule has 0 spiro atoms. The van der Waals surface area contributed by atoms with E-state index in [1.165, 1.54) is 6.42 Å². The molecule has 2 unspecified atom stereocenters. The van der Waals surface area contributed by atoms with Crippen LogP contribution in [0.15, 0.2) is 24.3 Å². The minimum Gasteiger partial charge on any atom is -1.00 e. The summed E-state index contributed by atoms with van der Waals surface area (Å²) in [5.74, 6) is 1.14. The van der Waals surface area contributed by atoms with E-state index in [1.807, 2.05) is 24.3 Å². The van der Waals surface area contributed by atoms with E-state index in [2.05, 4.69) is 21.0 Å². The predicted octanol–water partition coefficient (Wildman–Crippen LogP) is 0.173. The van der Waals surface area contributed by atoms with Gasteiger partial charge in [-0.25, -0.2) is 0 Å². The highest BCUT2D eigenvalue weighted by molar-refractivity contribution is 5.33. The zero-order chi connectivity index (χ0) is 15.5. The van der Waals surface area contributed by atoms with Gasteiger partial charge in [-0.15, -0.1) is 0 Å². The van der Waals surface area contributed by atoms with Crippen LogP contribution in [0.4, 0.5) is 0 Å². The van der Waals surface area contributed by atoms with Crippen LogP contribution in [0, 0.1) is 5.92 Å². The van der Waals surface area contributed by atoms with Crippen LogP contribution in [-0.4, -0.2) is 43.9 Å². The highest BCUT2D eigenvalue weighted by Gasteiger charge is 2.43. The molecule has 0 saturated heterocycles. The summed E-state index contributed by atoms with van der Waals surface area (Å²) >= 11 is 0. The molecule has 1 saturated carbocycles. The summed E-state index contributed by atoms with van der Waals surface area (Å²) in [7, 11) is 6.18. The van der Waals surface area contributed by atoms with E-state index >= 15 is 0 Å². The number of benzene rings is 1. The largest absolute Gasteiger partial charge is 1.00 e. The lowest BCUT2D eigenvalue weighted by Gasteiger charge is -2.44. The Hall–Kier alpha value is -0.580. The van der Waals surface area contributed by atoms with Crippen molar-refractivity contribution in [2.45, 2.75) is 38.2 Å². The van der Waals surface area contributed by atoms with Crippen LogP contribution < -0.4 is 21.7 Å². The van der Waals surface area contributed by atoms with Gasteiger partial charge in [0.2, 0.25) is 0 Å². The Labute approximate surface area is 145 Å². The molecule has 2 rings (SSSR count). The SMILES string of the molecule is CC[N+](C)(C)CC1CCCCC1(O)c1cccc(OC)c1.[Br-]. The van der Waals surface area contributed by atoms with Crippen molar-refractivity contribution in [2.24, 2.45) is 5.92 Å². The third-order valence-corrected chi connectivity index (χ3v) is 5.18. The summed E-state index contributed by atoms with van der Waals surface area (Å²) in [4.78, 5) is 0. The van der Waals surface area contributed by atoms with Crippen LogP contribution in [0.2, 0.25) is 0 Å². The zero-order valence-corrected chi connectivity index (χ0v) is 15.9. The molecule has 1 aromatic rings. The topological polar surface area (TPSA) is 29.5 Å². The molecule has 2 atom stereocenters. The summed E-state index contributed by atoms with van der Waals surface area (Å²) < 4.78 is 6.29. The molecule has 1 aromatic carbocycles. The minimum absolute atomic E-state index is 0. The second kappa shape index (κ2) is 7.80. The number of hydrogen-bond acceptors (Lipinski definition) is 2. The molecular weight excluding hydrogens is 342 g/mol. The lowest BCUT2D eigenvalue weighted by molar-refractivity contribution is -0.893. The van der Waals surface area contributed by atoms with E-state index in [-0.39, 0.29) is 17.0 Å². The van der Waals surface area contributed by atoms with Crippen LogP contribution in [0.5, 0.6) is 5.75 Å². The standard InChI is InChI=1S/C18H30NO2.BrH/c1-5-19(2,3)14-16-9-6-7-12-18(16,20)15-10-8-11-17(13-15)21-4;/h8,10-11,13,16,20H,5-7,9,12,14H2,1-4H3;1H/q+1;/p-1. The smallest absolute Gasteiger partial charge is 0.119 e. The fraction of sp³-hybridized carbons (Fsp3) is 0.667. The number of halogens is 1. The fourth-order valence-electron chi connectivity index (χ4n) is 3.47. The van der Waals surface area contributed by atoms with Gasteiger partial charge in [-0.2, -0.15) is 0 Å². The molecule has 0 aromatic heterocycles. The van der Waals surface area contributed by atoms with E-state index in [0.29, 0.717) is 5.92 Å². The van der Waals surface area contributed by atoms with Crippen LogP contribution in [-0.2, 0) is 5.60 Å². The third kappa shape index (κ3) is 4.24. The number of aliphatic hydroxyl groups is 1. The van der Waals surface area contributed by atoms with Gasteiger partial charge < -0.3 is 31.3 Å². The van der Waals surface area contributed by atoms with Crippen LogP contribution in [0.3, 0.4) is 0 Å². The maximum absolute atomic E-state index is 11.4. The van der Waals surface area contributed by atoms with E-state index in [1.54, 1.807) is 7.11 Å². The number of nitrogens with zero attached hydrogens (tertiary/aromatic N) is 1. The predicted molar refractivity (Wildman–Crippen MR) is 86.4 cm³/mol. The lowest BCUT2D eigenvalue weighted by atomic mass is 9.71. The molecule has 0 amide bonds. The Morgan fingerprint density at radius 3 is 2.68 bits per heavy atom. The Morgan fingerprint density at radius 2 is 2.05 bits per heavy atom. The lowest BCUT2D eigenvalue weighted by Crippen LogP contribution is -3.00. The van der Waals surface area contributed by atoms with Gasteiger partial charge in [0.05, 0.1) is 39.9 Å². The van der Waals surface area contributed by atoms with Crippen molar-refractivity contribution in [1.29, 1.82) is 0 Å². The van der Waals surface area contributed by atoms with E-state index < -0.39 is 5.60 Å². The highest BCUT2D eigenvalue weighted by Crippen LogP contribution is 2.43. The molecule has 1 aliphatic carbocycles. The van der Waals surface area contributed by atoms with E-state index in [0.717, 1.165) is 48.1 Å². The maximum Gasteiger partial charge on any atom is 0.119 e. The summed E-state index contributed by atoms with van der Waals surface area (Å²) in [6.45, 7) is 4.32. The van der Waals surface area contributed by atoms with Gasteiger partial charge in [0.15, 0.2) is 0 Å². The molecule has 0 radical (unpaired) electrons. The van der Waals surface area contributed by atoms with Gasteiger partial charge in [-0.3, -0.25) is 0 Å². The van der Waals surface area contributed by atoms with Gasteiger partial charge in [0.25, 0.3) is 0 Å². The molecule has 1 N–H and O–H groups in total. The Morgan fingerprint density at radius 1 is 1.32 bits per heavy atom. The number of hydrogen-bond donors (Lipinski definition) is 1. The molecule has 126 valence electrons. The number of ether oxygens (including phenoxy) is 1. The van der Waals surface area contributed by atoms with E-state index in [9.17, 15) is 5.11 Å². The molecule has 1 aliphatic rings. The Balaban J connectivity index is 0.00000242. The second-order valence-electron chi connectivity index (χ2n) is 7.03. The summed E-state index contributed by atoms with van der Waals surface area (Å²) in [6, 6.07) is 7.98. The highest BCUT2D eigenvalue weighted by atomic mass is 79.9. The molecular formula is C18H30BrNO2. The summed E-state index contributed by atoms with van der Waals surface area (Å²) in [6.07, 6.45) is 4.29. The van der Waals surface area contributed by atoms with Crippen LogP contribution in [0.25, 0.3) is 0 Å². The van der Waals surface area contributed by atoms with Crippen LogP contribution >= 0.6 is 0 Å². The first kappa shape index (κ1) is 19.5. The van der Waals surface area contributed by atoms with Crippen molar-refractivity contribution in [3.8, 4) is 5.75 Å². The third-order valence-electron chi connectivity index (χ3n) is 5.18. The fourth-order valence-corrected chi connectivity index (χ4v) is 3.47. The first-order valence-electron chi connectivity index (χ1n) is 8.10. The quantitative estimate of drug-likeness (QED) is 0.747. The minimum atomic E-state index is -0.711. The van der Waals surface area contributed by atoms with Crippen molar-refractivity contribution >= 4 is 0 Å². The van der Waals surface area contributed by atoms with Crippen molar-refractivity contribution in [1.82, 2.24) is 0 Å². The number of quaternary nitrogens is 1. The van der Waals surface area contributed by atoms with Crippen molar-refractivity contribution in [3.63, 3.8) is 0 Å². The zero-order valence-electron chi connectivity index (χ0n) is 14.3.